The first-order valence-electron chi connectivity index (χ1n) is 9.94. The molecule has 0 bridgehead atoms. The summed E-state index contributed by atoms with van der Waals surface area (Å²) in [6.07, 6.45) is 2.06. The number of para-hydroxylation sites is 1. The van der Waals surface area contributed by atoms with Crippen LogP contribution in [0.3, 0.4) is 0 Å². The van der Waals surface area contributed by atoms with Crippen LogP contribution in [0.1, 0.15) is 38.4 Å². The Morgan fingerprint density at radius 1 is 0.968 bits per heavy atom. The molecule has 1 aromatic heterocycles. The van der Waals surface area contributed by atoms with Crippen molar-refractivity contribution in [3.05, 3.63) is 76.2 Å². The number of carbonyl (C=O) groups excluding carboxylic acids is 2. The van der Waals surface area contributed by atoms with Crippen LogP contribution in [0, 0.1) is 18.6 Å². The van der Waals surface area contributed by atoms with E-state index in [9.17, 15) is 18.4 Å². The highest BCUT2D eigenvalue weighted by molar-refractivity contribution is 7.18. The summed E-state index contributed by atoms with van der Waals surface area (Å²) in [5.74, 6) is -1.92. The number of carbonyl (C=O) groups is 2. The number of thiophene rings is 1. The lowest BCUT2D eigenvalue weighted by Gasteiger charge is -2.21. The van der Waals surface area contributed by atoms with Gasteiger partial charge in [0.15, 0.2) is 0 Å². The Balaban J connectivity index is 1.53. The molecule has 1 saturated heterocycles. The van der Waals surface area contributed by atoms with Gasteiger partial charge in [-0.05, 0) is 61.7 Å². The second-order valence-corrected chi connectivity index (χ2v) is 8.42. The van der Waals surface area contributed by atoms with E-state index in [4.69, 9.17) is 0 Å². The lowest BCUT2D eigenvalue weighted by atomic mass is 10.2. The van der Waals surface area contributed by atoms with Crippen LogP contribution in [0.2, 0.25) is 0 Å². The number of amides is 2. The average Bonchev–Trinajstić information content (AvgIpc) is 3.39. The third-order valence-electron chi connectivity index (χ3n) is 5.12. The summed E-state index contributed by atoms with van der Waals surface area (Å²) < 4.78 is 27.9. The molecule has 2 amide bonds. The van der Waals surface area contributed by atoms with Crippen LogP contribution in [-0.2, 0) is 0 Å². The van der Waals surface area contributed by atoms with Crippen LogP contribution in [0.15, 0.2) is 48.5 Å². The van der Waals surface area contributed by atoms with Crippen molar-refractivity contribution in [2.24, 2.45) is 0 Å². The fourth-order valence-electron chi connectivity index (χ4n) is 3.61. The van der Waals surface area contributed by atoms with Crippen LogP contribution < -0.4 is 15.5 Å². The zero-order valence-corrected chi connectivity index (χ0v) is 17.7. The second-order valence-electron chi connectivity index (χ2n) is 7.37. The minimum absolute atomic E-state index is 0.160. The highest BCUT2D eigenvalue weighted by atomic mass is 32.1. The lowest BCUT2D eigenvalue weighted by molar-refractivity contribution is 0.101. The first kappa shape index (κ1) is 21.0. The predicted octanol–water partition coefficient (Wildman–Crippen LogP) is 5.44. The van der Waals surface area contributed by atoms with Crippen molar-refractivity contribution >= 4 is 39.5 Å². The number of aryl methyl sites for hydroxylation is 1. The maximum Gasteiger partial charge on any atom is 0.266 e. The molecule has 160 valence electrons. The quantitative estimate of drug-likeness (QED) is 0.554. The predicted molar refractivity (Wildman–Crippen MR) is 119 cm³/mol. The largest absolute Gasteiger partial charge is 0.370 e. The monoisotopic (exact) mass is 441 g/mol. The number of rotatable bonds is 5. The number of anilines is 3. The Bertz CT molecular complexity index is 1140. The van der Waals surface area contributed by atoms with E-state index in [0.717, 1.165) is 43.3 Å². The SMILES string of the molecule is Cc1cc(NC(=O)c2cccc(F)c2)sc1C(=O)Nc1c(F)cccc1N1CCCC1. The molecule has 0 unspecified atom stereocenters. The summed E-state index contributed by atoms with van der Waals surface area (Å²) in [5, 5.41) is 5.84. The topological polar surface area (TPSA) is 61.4 Å². The number of benzene rings is 2. The maximum atomic E-state index is 14.6. The van der Waals surface area contributed by atoms with Gasteiger partial charge in [-0.1, -0.05) is 12.1 Å². The molecule has 2 heterocycles. The van der Waals surface area contributed by atoms with E-state index in [1.807, 2.05) is 0 Å². The number of halogens is 2. The van der Waals surface area contributed by atoms with Gasteiger partial charge in [0.25, 0.3) is 11.8 Å². The van der Waals surface area contributed by atoms with E-state index >= 15 is 0 Å². The Kier molecular flexibility index (Phi) is 5.99. The molecule has 0 atom stereocenters. The summed E-state index contributed by atoms with van der Waals surface area (Å²) in [6.45, 7) is 3.38. The van der Waals surface area contributed by atoms with E-state index in [0.29, 0.717) is 21.1 Å². The molecule has 0 saturated carbocycles. The van der Waals surface area contributed by atoms with Gasteiger partial charge in [0, 0.05) is 18.7 Å². The van der Waals surface area contributed by atoms with E-state index in [1.165, 1.54) is 24.3 Å². The fraction of sp³-hybridized carbons (Fsp3) is 0.217. The van der Waals surface area contributed by atoms with Gasteiger partial charge in [-0.2, -0.15) is 0 Å². The molecule has 31 heavy (non-hydrogen) atoms. The minimum Gasteiger partial charge on any atom is -0.370 e. The molecular formula is C23H21F2N3O2S. The summed E-state index contributed by atoms with van der Waals surface area (Å²) in [4.78, 5) is 27.7. The molecule has 2 N–H and O–H groups in total. The van der Waals surface area contributed by atoms with Crippen LogP contribution in [0.5, 0.6) is 0 Å². The first-order chi connectivity index (χ1) is 14.9. The molecule has 1 aliphatic heterocycles. The van der Waals surface area contributed by atoms with E-state index in [1.54, 1.807) is 25.1 Å². The average molecular weight is 442 g/mol. The molecule has 2 aromatic carbocycles. The molecule has 0 aliphatic carbocycles. The number of nitrogens with one attached hydrogen (secondary N) is 2. The van der Waals surface area contributed by atoms with E-state index < -0.39 is 23.4 Å². The maximum absolute atomic E-state index is 14.6. The zero-order chi connectivity index (χ0) is 22.0. The van der Waals surface area contributed by atoms with Crippen LogP contribution in [0.25, 0.3) is 0 Å². The molecule has 1 aliphatic rings. The summed E-state index contributed by atoms with van der Waals surface area (Å²) in [6, 6.07) is 11.8. The number of nitrogens with zero attached hydrogens (tertiary/aromatic N) is 1. The minimum atomic E-state index is -0.506. The van der Waals surface area contributed by atoms with Gasteiger partial charge in [0.05, 0.1) is 15.6 Å². The summed E-state index contributed by atoms with van der Waals surface area (Å²) in [7, 11) is 0. The van der Waals surface area contributed by atoms with Crippen LogP contribution >= 0.6 is 11.3 Å². The van der Waals surface area contributed by atoms with E-state index in [-0.39, 0.29) is 11.3 Å². The van der Waals surface area contributed by atoms with Gasteiger partial charge in [0.2, 0.25) is 0 Å². The van der Waals surface area contributed by atoms with E-state index in [2.05, 4.69) is 15.5 Å². The Hall–Kier alpha value is -3.26. The van der Waals surface area contributed by atoms with Crippen molar-refractivity contribution in [1.29, 1.82) is 0 Å². The molecule has 4 rings (SSSR count). The smallest absolute Gasteiger partial charge is 0.266 e. The molecule has 8 heteroatoms. The molecule has 3 aromatic rings. The van der Waals surface area contributed by atoms with Crippen molar-refractivity contribution in [3.63, 3.8) is 0 Å². The number of hydrogen-bond acceptors (Lipinski definition) is 4. The molecular weight excluding hydrogens is 420 g/mol. The van der Waals surface area contributed by atoms with Gasteiger partial charge in [-0.15, -0.1) is 11.3 Å². The first-order valence-corrected chi connectivity index (χ1v) is 10.8. The van der Waals surface area contributed by atoms with Gasteiger partial charge in [-0.3, -0.25) is 9.59 Å². The Morgan fingerprint density at radius 3 is 2.45 bits per heavy atom. The highest BCUT2D eigenvalue weighted by Gasteiger charge is 2.22. The van der Waals surface area contributed by atoms with Gasteiger partial charge in [-0.25, -0.2) is 8.78 Å². The molecule has 0 spiro atoms. The second kappa shape index (κ2) is 8.85. The Morgan fingerprint density at radius 2 is 1.71 bits per heavy atom. The molecule has 1 fully saturated rings. The highest BCUT2D eigenvalue weighted by Crippen LogP contribution is 2.33. The standard InChI is InChI=1S/C23H21F2N3O2S/c1-14-12-19(26-22(29)15-6-4-7-16(24)13-15)31-21(14)23(30)27-20-17(25)8-5-9-18(20)28-10-2-3-11-28/h4-9,12-13H,2-3,10-11H2,1H3,(H,26,29)(H,27,30). The Labute approximate surface area is 182 Å². The molecule has 5 nitrogen and oxygen atoms in total. The van der Waals surface area contributed by atoms with Gasteiger partial charge < -0.3 is 15.5 Å². The van der Waals surface area contributed by atoms with Crippen LogP contribution in [-0.4, -0.2) is 24.9 Å². The zero-order valence-electron chi connectivity index (χ0n) is 16.9. The summed E-state index contributed by atoms with van der Waals surface area (Å²) >= 11 is 1.08. The van der Waals surface area contributed by atoms with Gasteiger partial charge >= 0.3 is 0 Å². The third-order valence-corrected chi connectivity index (χ3v) is 6.28. The lowest BCUT2D eigenvalue weighted by Crippen LogP contribution is -2.21. The number of hydrogen-bond donors (Lipinski definition) is 2. The summed E-state index contributed by atoms with van der Waals surface area (Å²) in [5.41, 5.74) is 1.65. The molecule has 0 radical (unpaired) electrons. The van der Waals surface area contributed by atoms with Crippen molar-refractivity contribution in [2.75, 3.05) is 28.6 Å². The van der Waals surface area contributed by atoms with Crippen molar-refractivity contribution in [1.82, 2.24) is 0 Å². The fourth-order valence-corrected chi connectivity index (χ4v) is 4.57. The van der Waals surface area contributed by atoms with Crippen molar-refractivity contribution in [2.45, 2.75) is 19.8 Å². The van der Waals surface area contributed by atoms with Gasteiger partial charge in [0.1, 0.15) is 17.3 Å². The van der Waals surface area contributed by atoms with Crippen LogP contribution in [0.4, 0.5) is 25.2 Å². The third kappa shape index (κ3) is 4.59. The normalized spacial score (nSPS) is 13.3. The van der Waals surface area contributed by atoms with Crippen molar-refractivity contribution < 1.29 is 18.4 Å². The van der Waals surface area contributed by atoms with Crippen molar-refractivity contribution in [3.8, 4) is 0 Å².